The number of rotatable bonds is 5. The highest BCUT2D eigenvalue weighted by Crippen LogP contribution is 2.27. The number of likely N-dealkylation sites (tertiary alicyclic amines) is 1. The number of nitrogens with zero attached hydrogens (tertiary/aromatic N) is 2. The van der Waals surface area contributed by atoms with E-state index in [0.717, 1.165) is 12.1 Å². The van der Waals surface area contributed by atoms with Crippen LogP contribution in [0.2, 0.25) is 0 Å². The molecule has 2 heterocycles. The molecule has 2 aliphatic heterocycles. The molecule has 1 aromatic rings. The van der Waals surface area contributed by atoms with Crippen LogP contribution in [-0.4, -0.2) is 62.3 Å². The predicted molar refractivity (Wildman–Crippen MR) is 104 cm³/mol. The Morgan fingerprint density at radius 3 is 2.34 bits per heavy atom. The Bertz CT molecular complexity index is 835. The second kappa shape index (κ2) is 9.21. The Hall–Kier alpha value is -2.00. The largest absolute Gasteiger partial charge is 0.466 e. The van der Waals surface area contributed by atoms with Crippen molar-refractivity contribution in [3.63, 3.8) is 0 Å². The first-order valence-electron chi connectivity index (χ1n) is 10.0. The van der Waals surface area contributed by atoms with Crippen molar-refractivity contribution >= 4 is 21.9 Å². The third-order valence-electron chi connectivity index (χ3n) is 5.61. The van der Waals surface area contributed by atoms with Crippen LogP contribution < -0.4 is 0 Å². The van der Waals surface area contributed by atoms with E-state index < -0.39 is 21.8 Å². The smallest absolute Gasteiger partial charge is 0.309 e. The minimum atomic E-state index is -3.77. The van der Waals surface area contributed by atoms with Crippen molar-refractivity contribution in [2.75, 3.05) is 32.8 Å². The summed E-state index contributed by atoms with van der Waals surface area (Å²) in [6.45, 7) is 3.53. The molecule has 0 N–H and O–H groups in total. The molecular formula is C20H27FN2O5S. The van der Waals surface area contributed by atoms with E-state index in [-0.39, 0.29) is 29.2 Å². The highest BCUT2D eigenvalue weighted by atomic mass is 32.2. The number of ether oxygens (including phenoxy) is 1. The molecule has 0 unspecified atom stereocenters. The Kier molecular flexibility index (Phi) is 6.89. The van der Waals surface area contributed by atoms with Gasteiger partial charge in [-0.25, -0.2) is 12.8 Å². The zero-order valence-electron chi connectivity index (χ0n) is 16.5. The minimum absolute atomic E-state index is 0.0299. The van der Waals surface area contributed by atoms with Crippen molar-refractivity contribution < 1.29 is 27.1 Å². The Morgan fingerprint density at radius 1 is 1.07 bits per heavy atom. The molecule has 1 aromatic carbocycles. The van der Waals surface area contributed by atoms with Crippen molar-refractivity contribution in [1.82, 2.24) is 9.21 Å². The lowest BCUT2D eigenvalue weighted by atomic mass is 9.93. The first kappa shape index (κ1) is 21.7. The number of esters is 1. The second-order valence-corrected chi connectivity index (χ2v) is 9.45. The van der Waals surface area contributed by atoms with E-state index in [1.165, 1.54) is 16.4 Å². The first-order chi connectivity index (χ1) is 13.8. The molecule has 160 valence electrons. The van der Waals surface area contributed by atoms with Gasteiger partial charge in [0.1, 0.15) is 5.82 Å². The van der Waals surface area contributed by atoms with Crippen LogP contribution in [0.3, 0.4) is 0 Å². The van der Waals surface area contributed by atoms with E-state index in [2.05, 4.69) is 0 Å². The lowest BCUT2D eigenvalue weighted by Gasteiger charge is -2.37. The maximum absolute atomic E-state index is 13.1. The molecule has 2 fully saturated rings. The van der Waals surface area contributed by atoms with E-state index >= 15 is 0 Å². The number of hydrogen-bond donors (Lipinski definition) is 0. The van der Waals surface area contributed by atoms with E-state index in [1.807, 2.05) is 0 Å². The van der Waals surface area contributed by atoms with Crippen LogP contribution >= 0.6 is 0 Å². The van der Waals surface area contributed by atoms with Gasteiger partial charge in [-0.3, -0.25) is 9.59 Å². The molecule has 0 aromatic heterocycles. The lowest BCUT2D eigenvalue weighted by Crippen LogP contribution is -2.49. The van der Waals surface area contributed by atoms with Crippen molar-refractivity contribution in [2.24, 2.45) is 11.8 Å². The van der Waals surface area contributed by atoms with E-state index in [1.54, 1.807) is 11.8 Å². The maximum Gasteiger partial charge on any atom is 0.309 e. The molecule has 0 radical (unpaired) electrons. The van der Waals surface area contributed by atoms with Gasteiger partial charge in [-0.05, 0) is 56.9 Å². The molecule has 2 aliphatic rings. The Balaban J connectivity index is 1.61. The van der Waals surface area contributed by atoms with Gasteiger partial charge in [0.15, 0.2) is 0 Å². The Morgan fingerprint density at radius 2 is 1.72 bits per heavy atom. The summed E-state index contributed by atoms with van der Waals surface area (Å²) in [6.07, 6.45) is 2.35. The summed E-state index contributed by atoms with van der Waals surface area (Å²) in [7, 11) is -3.77. The van der Waals surface area contributed by atoms with Crippen molar-refractivity contribution in [3.05, 3.63) is 30.1 Å². The molecule has 0 saturated carbocycles. The van der Waals surface area contributed by atoms with Gasteiger partial charge >= 0.3 is 5.97 Å². The third kappa shape index (κ3) is 4.95. The summed E-state index contributed by atoms with van der Waals surface area (Å²) in [4.78, 5) is 26.6. The molecule has 3 rings (SSSR count). The van der Waals surface area contributed by atoms with Crippen LogP contribution in [0.15, 0.2) is 29.2 Å². The van der Waals surface area contributed by atoms with E-state index in [4.69, 9.17) is 4.74 Å². The zero-order chi connectivity index (χ0) is 21.0. The van der Waals surface area contributed by atoms with Crippen LogP contribution in [0.1, 0.15) is 32.6 Å². The molecule has 29 heavy (non-hydrogen) atoms. The fourth-order valence-electron chi connectivity index (χ4n) is 3.97. The van der Waals surface area contributed by atoms with Crippen LogP contribution in [0, 0.1) is 17.7 Å². The zero-order valence-corrected chi connectivity index (χ0v) is 17.4. The van der Waals surface area contributed by atoms with Gasteiger partial charge in [0.05, 0.1) is 23.3 Å². The number of amides is 1. The number of sulfonamides is 1. The van der Waals surface area contributed by atoms with Gasteiger partial charge in [-0.15, -0.1) is 0 Å². The van der Waals surface area contributed by atoms with Crippen molar-refractivity contribution in [2.45, 2.75) is 37.5 Å². The van der Waals surface area contributed by atoms with Crippen LogP contribution in [0.5, 0.6) is 0 Å². The molecule has 0 bridgehead atoms. The summed E-state index contributed by atoms with van der Waals surface area (Å²) >= 11 is 0. The summed E-state index contributed by atoms with van der Waals surface area (Å²) in [5.41, 5.74) is 0. The highest BCUT2D eigenvalue weighted by Gasteiger charge is 2.36. The number of hydrogen-bond acceptors (Lipinski definition) is 5. The molecule has 1 amide bonds. The number of halogens is 1. The summed E-state index contributed by atoms with van der Waals surface area (Å²) in [5, 5.41) is 0. The van der Waals surface area contributed by atoms with Gasteiger partial charge in [0.25, 0.3) is 0 Å². The fraction of sp³-hybridized carbons (Fsp3) is 0.600. The van der Waals surface area contributed by atoms with E-state index in [0.29, 0.717) is 51.9 Å². The fourth-order valence-corrected chi connectivity index (χ4v) is 5.50. The number of carbonyl (C=O) groups excluding carboxylic acids is 2. The van der Waals surface area contributed by atoms with Crippen molar-refractivity contribution in [1.29, 1.82) is 0 Å². The molecule has 2 saturated heterocycles. The average Bonchev–Trinajstić information content (AvgIpc) is 2.74. The van der Waals surface area contributed by atoms with Gasteiger partial charge in [-0.2, -0.15) is 4.31 Å². The van der Waals surface area contributed by atoms with Crippen molar-refractivity contribution in [3.8, 4) is 0 Å². The molecule has 0 aliphatic carbocycles. The van der Waals surface area contributed by atoms with Crippen LogP contribution in [0.4, 0.5) is 4.39 Å². The highest BCUT2D eigenvalue weighted by molar-refractivity contribution is 7.89. The summed E-state index contributed by atoms with van der Waals surface area (Å²) in [5.74, 6) is -1.36. The normalized spacial score (nSPS) is 21.7. The number of piperidine rings is 2. The maximum atomic E-state index is 13.1. The molecule has 1 atom stereocenters. The number of carbonyl (C=O) groups is 2. The first-order valence-corrected chi connectivity index (χ1v) is 11.5. The van der Waals surface area contributed by atoms with Gasteiger partial charge in [0, 0.05) is 26.2 Å². The Labute approximate surface area is 170 Å². The lowest BCUT2D eigenvalue weighted by molar-refractivity contribution is -0.152. The van der Waals surface area contributed by atoms with Gasteiger partial charge < -0.3 is 9.64 Å². The van der Waals surface area contributed by atoms with Crippen LogP contribution in [-0.2, 0) is 24.3 Å². The van der Waals surface area contributed by atoms with Crippen LogP contribution in [0.25, 0.3) is 0 Å². The average molecular weight is 427 g/mol. The topological polar surface area (TPSA) is 84.0 Å². The molecule has 7 nitrogen and oxygen atoms in total. The standard InChI is InChI=1S/C20H27FN2O5S/c1-2-28-20(25)15-9-12-22(13-10-15)19(24)16-4-3-11-23(14-16)29(26,27)18-7-5-17(21)6-8-18/h5-8,15-16H,2-4,9-14H2,1H3/t16-/m0/s1. The molecule has 0 spiro atoms. The van der Waals surface area contributed by atoms with Gasteiger partial charge in [-0.1, -0.05) is 0 Å². The summed E-state index contributed by atoms with van der Waals surface area (Å²) in [6, 6.07) is 4.73. The second-order valence-electron chi connectivity index (χ2n) is 7.51. The quantitative estimate of drug-likeness (QED) is 0.673. The predicted octanol–water partition coefficient (Wildman–Crippen LogP) is 2.03. The number of benzene rings is 1. The minimum Gasteiger partial charge on any atom is -0.466 e. The SMILES string of the molecule is CCOC(=O)C1CCN(C(=O)[C@H]2CCCN(S(=O)(=O)c3ccc(F)cc3)C2)CC1. The molecule has 9 heteroatoms. The van der Waals surface area contributed by atoms with E-state index in [9.17, 15) is 22.4 Å². The third-order valence-corrected chi connectivity index (χ3v) is 7.49. The molecular weight excluding hydrogens is 399 g/mol. The monoisotopic (exact) mass is 426 g/mol. The summed E-state index contributed by atoms with van der Waals surface area (Å²) < 4.78 is 45.2. The van der Waals surface area contributed by atoms with Gasteiger partial charge in [0.2, 0.25) is 15.9 Å².